The number of hydrogen-bond donors (Lipinski definition) is 2. The van der Waals surface area contributed by atoms with Crippen LogP contribution >= 0.6 is 0 Å². The molecule has 1 saturated carbocycles. The smallest absolute Gasteiger partial charge is 0.251 e. The third kappa shape index (κ3) is 3.27. The Kier molecular flexibility index (Phi) is 3.74. The normalized spacial score (nSPS) is 23.6. The molecule has 0 spiro atoms. The van der Waals surface area contributed by atoms with Gasteiger partial charge in [-0.1, -0.05) is 0 Å². The molecule has 1 aromatic carbocycles. The van der Waals surface area contributed by atoms with Crippen LogP contribution in [-0.4, -0.2) is 18.5 Å². The maximum Gasteiger partial charge on any atom is 0.251 e. The molecule has 0 aliphatic heterocycles. The summed E-state index contributed by atoms with van der Waals surface area (Å²) in [5, 5.41) is 2.86. The third-order valence-corrected chi connectivity index (χ3v) is 3.24. The molecule has 4 heteroatoms. The van der Waals surface area contributed by atoms with Crippen molar-refractivity contribution in [2.45, 2.75) is 25.3 Å². The Morgan fingerprint density at radius 2 is 2.06 bits per heavy atom. The average molecular weight is 236 g/mol. The van der Waals surface area contributed by atoms with Crippen LogP contribution in [0.3, 0.4) is 0 Å². The van der Waals surface area contributed by atoms with Gasteiger partial charge in [0.25, 0.3) is 5.91 Å². The molecular weight excluding hydrogens is 219 g/mol. The first kappa shape index (κ1) is 12.0. The predicted molar refractivity (Wildman–Crippen MR) is 64.0 cm³/mol. The first-order chi connectivity index (χ1) is 8.15. The van der Waals surface area contributed by atoms with Crippen molar-refractivity contribution in [1.29, 1.82) is 0 Å². The van der Waals surface area contributed by atoms with Gasteiger partial charge in [-0.05, 0) is 49.4 Å². The monoisotopic (exact) mass is 236 g/mol. The lowest BCUT2D eigenvalue weighted by Gasteiger charge is -2.11. The van der Waals surface area contributed by atoms with E-state index in [9.17, 15) is 9.18 Å². The number of nitrogens with one attached hydrogen (secondary N) is 1. The Bertz CT molecular complexity index is 391. The minimum Gasteiger partial charge on any atom is -0.352 e. The zero-order valence-corrected chi connectivity index (χ0v) is 9.66. The van der Waals surface area contributed by atoms with Crippen LogP contribution in [0, 0.1) is 11.7 Å². The highest BCUT2D eigenvalue weighted by Crippen LogP contribution is 2.23. The van der Waals surface area contributed by atoms with Gasteiger partial charge in [-0.2, -0.15) is 0 Å². The lowest BCUT2D eigenvalue weighted by Crippen LogP contribution is -2.29. The highest BCUT2D eigenvalue weighted by molar-refractivity contribution is 5.94. The van der Waals surface area contributed by atoms with Crippen molar-refractivity contribution in [3.05, 3.63) is 35.6 Å². The minimum absolute atomic E-state index is 0.148. The summed E-state index contributed by atoms with van der Waals surface area (Å²) in [7, 11) is 0. The first-order valence-corrected chi connectivity index (χ1v) is 5.94. The van der Waals surface area contributed by atoms with Crippen LogP contribution in [-0.2, 0) is 0 Å². The van der Waals surface area contributed by atoms with E-state index in [4.69, 9.17) is 5.73 Å². The van der Waals surface area contributed by atoms with E-state index in [0.717, 1.165) is 19.3 Å². The molecule has 17 heavy (non-hydrogen) atoms. The van der Waals surface area contributed by atoms with E-state index >= 15 is 0 Å². The zero-order valence-electron chi connectivity index (χ0n) is 9.66. The van der Waals surface area contributed by atoms with Crippen LogP contribution in [0.5, 0.6) is 0 Å². The Morgan fingerprint density at radius 1 is 1.35 bits per heavy atom. The van der Waals surface area contributed by atoms with Crippen LogP contribution in [0.25, 0.3) is 0 Å². The van der Waals surface area contributed by atoms with Gasteiger partial charge in [-0.25, -0.2) is 4.39 Å². The lowest BCUT2D eigenvalue weighted by atomic mass is 10.1. The van der Waals surface area contributed by atoms with Crippen LogP contribution in [0.4, 0.5) is 4.39 Å². The van der Waals surface area contributed by atoms with Gasteiger partial charge in [-0.15, -0.1) is 0 Å². The van der Waals surface area contributed by atoms with Gasteiger partial charge in [0.2, 0.25) is 0 Å². The number of amides is 1. The number of nitrogens with two attached hydrogens (primary N) is 1. The number of halogens is 1. The summed E-state index contributed by atoms with van der Waals surface area (Å²) < 4.78 is 12.7. The van der Waals surface area contributed by atoms with Crippen molar-refractivity contribution >= 4 is 5.91 Å². The topological polar surface area (TPSA) is 55.1 Å². The molecule has 0 radical (unpaired) electrons. The van der Waals surface area contributed by atoms with Crippen molar-refractivity contribution in [2.75, 3.05) is 6.54 Å². The molecule has 1 amide bonds. The molecular formula is C13H17FN2O. The fourth-order valence-electron chi connectivity index (χ4n) is 2.24. The fourth-order valence-corrected chi connectivity index (χ4v) is 2.24. The zero-order chi connectivity index (χ0) is 12.3. The van der Waals surface area contributed by atoms with E-state index < -0.39 is 0 Å². The van der Waals surface area contributed by atoms with Crippen LogP contribution in [0.15, 0.2) is 24.3 Å². The molecule has 0 saturated heterocycles. The van der Waals surface area contributed by atoms with Crippen molar-refractivity contribution < 1.29 is 9.18 Å². The van der Waals surface area contributed by atoms with Gasteiger partial charge < -0.3 is 11.1 Å². The molecule has 1 aliphatic carbocycles. The second kappa shape index (κ2) is 5.27. The summed E-state index contributed by atoms with van der Waals surface area (Å²) in [5.41, 5.74) is 6.30. The second-order valence-corrected chi connectivity index (χ2v) is 4.66. The minimum atomic E-state index is -0.330. The fraction of sp³-hybridized carbons (Fsp3) is 0.462. The van der Waals surface area contributed by atoms with Crippen molar-refractivity contribution in [2.24, 2.45) is 11.7 Å². The Morgan fingerprint density at radius 3 is 2.65 bits per heavy atom. The van der Waals surface area contributed by atoms with Gasteiger partial charge in [-0.3, -0.25) is 4.79 Å². The summed E-state index contributed by atoms with van der Waals surface area (Å²) in [5.74, 6) is 0.00295. The van der Waals surface area contributed by atoms with E-state index in [1.54, 1.807) is 0 Å². The van der Waals surface area contributed by atoms with Crippen molar-refractivity contribution in [1.82, 2.24) is 5.32 Å². The average Bonchev–Trinajstić information content (AvgIpc) is 2.73. The van der Waals surface area contributed by atoms with E-state index in [-0.39, 0.29) is 17.8 Å². The Labute approximate surface area is 100 Å². The van der Waals surface area contributed by atoms with Gasteiger partial charge in [0, 0.05) is 18.2 Å². The molecule has 2 atom stereocenters. The van der Waals surface area contributed by atoms with Crippen LogP contribution in [0.1, 0.15) is 29.6 Å². The molecule has 1 aromatic rings. The van der Waals surface area contributed by atoms with E-state index in [1.807, 2.05) is 0 Å². The largest absolute Gasteiger partial charge is 0.352 e. The standard InChI is InChI=1S/C13H17FN2O/c14-11-4-2-10(3-5-11)13(17)16-8-9-1-6-12(15)7-9/h2-5,9,12H,1,6-8,15H2,(H,16,17)/t9-,12+/m0/s1. The van der Waals surface area contributed by atoms with Gasteiger partial charge in [0.1, 0.15) is 5.82 Å². The quantitative estimate of drug-likeness (QED) is 0.839. The number of benzene rings is 1. The number of carbonyl (C=O) groups is 1. The molecule has 0 bridgehead atoms. The SMILES string of the molecule is N[C@@H]1CC[C@H](CNC(=O)c2ccc(F)cc2)C1. The van der Waals surface area contributed by atoms with Crippen LogP contribution in [0.2, 0.25) is 0 Å². The number of hydrogen-bond acceptors (Lipinski definition) is 2. The van der Waals surface area contributed by atoms with E-state index in [0.29, 0.717) is 18.0 Å². The highest BCUT2D eigenvalue weighted by Gasteiger charge is 2.22. The Balaban J connectivity index is 1.83. The second-order valence-electron chi connectivity index (χ2n) is 4.66. The summed E-state index contributed by atoms with van der Waals surface area (Å²) in [4.78, 5) is 11.7. The number of rotatable bonds is 3. The predicted octanol–water partition coefficient (Wildman–Crippen LogP) is 1.68. The first-order valence-electron chi connectivity index (χ1n) is 5.94. The summed E-state index contributed by atoms with van der Waals surface area (Å²) in [6.45, 7) is 0.657. The molecule has 3 N–H and O–H groups in total. The lowest BCUT2D eigenvalue weighted by molar-refractivity contribution is 0.0947. The molecule has 0 heterocycles. The molecule has 92 valence electrons. The van der Waals surface area contributed by atoms with Crippen molar-refractivity contribution in [3.63, 3.8) is 0 Å². The van der Waals surface area contributed by atoms with E-state index in [1.165, 1.54) is 24.3 Å². The third-order valence-electron chi connectivity index (χ3n) is 3.24. The maximum absolute atomic E-state index is 12.7. The van der Waals surface area contributed by atoms with Crippen molar-refractivity contribution in [3.8, 4) is 0 Å². The van der Waals surface area contributed by atoms with E-state index in [2.05, 4.69) is 5.32 Å². The summed E-state index contributed by atoms with van der Waals surface area (Å²) in [6.07, 6.45) is 3.09. The molecule has 1 aliphatic rings. The molecule has 2 rings (SSSR count). The maximum atomic E-state index is 12.7. The Hall–Kier alpha value is -1.42. The molecule has 3 nitrogen and oxygen atoms in total. The molecule has 0 aromatic heterocycles. The molecule has 0 unspecified atom stereocenters. The highest BCUT2D eigenvalue weighted by atomic mass is 19.1. The summed E-state index contributed by atoms with van der Waals surface area (Å²) in [6, 6.07) is 5.85. The van der Waals surface area contributed by atoms with Gasteiger partial charge in [0.15, 0.2) is 0 Å². The number of carbonyl (C=O) groups excluding carboxylic acids is 1. The summed E-state index contributed by atoms with van der Waals surface area (Å²) >= 11 is 0. The molecule has 1 fully saturated rings. The van der Waals surface area contributed by atoms with Gasteiger partial charge in [0.05, 0.1) is 0 Å². The van der Waals surface area contributed by atoms with Crippen LogP contribution < -0.4 is 11.1 Å². The van der Waals surface area contributed by atoms with Gasteiger partial charge >= 0.3 is 0 Å².